The molecule has 0 saturated heterocycles. The molecule has 1 aliphatic carbocycles. The lowest BCUT2D eigenvalue weighted by Gasteiger charge is -2.40. The zero-order valence-corrected chi connectivity index (χ0v) is 19.9. The first-order chi connectivity index (χ1) is 16.0. The Morgan fingerprint density at radius 3 is 2.53 bits per heavy atom. The Bertz CT molecular complexity index is 1200. The number of halogens is 4. The fourth-order valence-electron chi connectivity index (χ4n) is 4.98. The average Bonchev–Trinajstić information content (AvgIpc) is 3.19. The number of hydrogen-bond acceptors (Lipinski definition) is 3. The number of carbonyl (C=O) groups excluding carboxylic acids is 1. The number of alkyl halides is 3. The van der Waals surface area contributed by atoms with E-state index in [-0.39, 0.29) is 22.9 Å². The molecule has 4 rings (SSSR count). The molecule has 1 heterocycles. The van der Waals surface area contributed by atoms with Crippen molar-refractivity contribution < 1.29 is 18.0 Å². The van der Waals surface area contributed by atoms with Gasteiger partial charge in [0.05, 0.1) is 11.0 Å². The minimum Gasteiger partial charge on any atom is -0.349 e. The molecule has 182 valence electrons. The summed E-state index contributed by atoms with van der Waals surface area (Å²) >= 11 is 6.18. The molecule has 0 bridgehead atoms. The number of fused-ring (bicyclic) bond motifs is 1. The van der Waals surface area contributed by atoms with Gasteiger partial charge in [0.15, 0.2) is 0 Å². The third-order valence-corrected chi connectivity index (χ3v) is 7.06. The standard InChI is InChI=1S/C25H28ClF3N4O/c1-15(2)33-21-7-6-16(12-20(21)32-23(33)25(27,28)29)22(34)31-19-8-10-24(14-30,11-9-19)17-4-3-5-18(26)13-17/h3-7,12-13,15,19H,8-11,14,30H2,1-2H3,(H,31,34). The summed E-state index contributed by atoms with van der Waals surface area (Å²) in [5.41, 5.74) is 7.89. The van der Waals surface area contributed by atoms with Crippen LogP contribution in [0.1, 0.15) is 67.3 Å². The number of imidazole rings is 1. The molecule has 0 unspecified atom stereocenters. The molecule has 3 aromatic rings. The molecule has 1 fully saturated rings. The number of nitrogens with zero attached hydrogens (tertiary/aromatic N) is 2. The third-order valence-electron chi connectivity index (χ3n) is 6.83. The van der Waals surface area contributed by atoms with Gasteiger partial charge in [-0.25, -0.2) is 4.98 Å². The Hall–Kier alpha value is -2.58. The fourth-order valence-corrected chi connectivity index (χ4v) is 5.17. The highest BCUT2D eigenvalue weighted by molar-refractivity contribution is 6.30. The van der Waals surface area contributed by atoms with Gasteiger partial charge in [-0.2, -0.15) is 13.2 Å². The van der Waals surface area contributed by atoms with Crippen LogP contribution in [0.3, 0.4) is 0 Å². The van der Waals surface area contributed by atoms with Crippen molar-refractivity contribution >= 4 is 28.5 Å². The van der Waals surface area contributed by atoms with Crippen LogP contribution >= 0.6 is 11.6 Å². The molecular formula is C25H28ClF3N4O. The van der Waals surface area contributed by atoms with Crippen molar-refractivity contribution in [2.75, 3.05) is 6.54 Å². The van der Waals surface area contributed by atoms with Crippen molar-refractivity contribution in [3.63, 3.8) is 0 Å². The van der Waals surface area contributed by atoms with Crippen molar-refractivity contribution in [3.8, 4) is 0 Å². The molecule has 0 aliphatic heterocycles. The molecule has 0 spiro atoms. The monoisotopic (exact) mass is 492 g/mol. The lowest BCUT2D eigenvalue weighted by Crippen LogP contribution is -2.45. The maximum atomic E-state index is 13.5. The summed E-state index contributed by atoms with van der Waals surface area (Å²) in [5.74, 6) is -1.27. The smallest absolute Gasteiger partial charge is 0.349 e. The van der Waals surface area contributed by atoms with Gasteiger partial charge in [0.1, 0.15) is 0 Å². The zero-order valence-electron chi connectivity index (χ0n) is 19.1. The molecule has 1 aliphatic rings. The molecule has 5 nitrogen and oxygen atoms in total. The summed E-state index contributed by atoms with van der Waals surface area (Å²) in [4.78, 5) is 16.7. The van der Waals surface area contributed by atoms with Crippen LogP contribution in [0.15, 0.2) is 42.5 Å². The minimum absolute atomic E-state index is 0.0407. The van der Waals surface area contributed by atoms with E-state index < -0.39 is 18.0 Å². The molecule has 3 N–H and O–H groups in total. The molecule has 1 saturated carbocycles. The number of hydrogen-bond donors (Lipinski definition) is 2. The minimum atomic E-state index is -4.58. The average molecular weight is 493 g/mol. The van der Waals surface area contributed by atoms with Crippen molar-refractivity contribution in [3.05, 3.63) is 64.4 Å². The number of benzene rings is 2. The van der Waals surface area contributed by atoms with Gasteiger partial charge < -0.3 is 15.6 Å². The zero-order chi connectivity index (χ0) is 24.7. The summed E-state index contributed by atoms with van der Waals surface area (Å²) < 4.78 is 41.6. The van der Waals surface area contributed by atoms with Gasteiger partial charge in [0, 0.05) is 34.6 Å². The molecule has 2 aromatic carbocycles. The second kappa shape index (κ2) is 9.23. The molecule has 1 amide bonds. The van der Waals surface area contributed by atoms with Crippen LogP contribution in [-0.4, -0.2) is 28.0 Å². The number of amides is 1. The van der Waals surface area contributed by atoms with E-state index in [0.717, 1.165) is 35.8 Å². The topological polar surface area (TPSA) is 72.9 Å². The van der Waals surface area contributed by atoms with E-state index in [4.69, 9.17) is 17.3 Å². The molecular weight excluding hydrogens is 465 g/mol. The van der Waals surface area contributed by atoms with E-state index in [1.165, 1.54) is 12.1 Å². The fraction of sp³-hybridized carbons (Fsp3) is 0.440. The Labute approximate surface area is 201 Å². The summed E-state index contributed by atoms with van der Waals surface area (Å²) in [6, 6.07) is 11.8. The highest BCUT2D eigenvalue weighted by atomic mass is 35.5. The predicted molar refractivity (Wildman–Crippen MR) is 127 cm³/mol. The summed E-state index contributed by atoms with van der Waals surface area (Å²) in [6.45, 7) is 3.83. The first-order valence-electron chi connectivity index (χ1n) is 11.4. The lowest BCUT2D eigenvalue weighted by molar-refractivity contribution is -0.147. The van der Waals surface area contributed by atoms with Gasteiger partial charge in [0.25, 0.3) is 5.91 Å². The van der Waals surface area contributed by atoms with E-state index in [2.05, 4.69) is 10.3 Å². The molecule has 0 radical (unpaired) electrons. The number of rotatable bonds is 5. The molecule has 1 aromatic heterocycles. The van der Waals surface area contributed by atoms with Crippen molar-refractivity contribution in [1.29, 1.82) is 0 Å². The van der Waals surface area contributed by atoms with Crippen LogP contribution in [0.2, 0.25) is 5.02 Å². The Kier molecular flexibility index (Phi) is 6.66. The van der Waals surface area contributed by atoms with Crippen LogP contribution in [-0.2, 0) is 11.6 Å². The van der Waals surface area contributed by atoms with Gasteiger partial charge in [0.2, 0.25) is 5.82 Å². The first-order valence-corrected chi connectivity index (χ1v) is 11.8. The third kappa shape index (κ3) is 4.66. The van der Waals surface area contributed by atoms with Crippen LogP contribution in [0.25, 0.3) is 11.0 Å². The highest BCUT2D eigenvalue weighted by Gasteiger charge is 2.39. The van der Waals surface area contributed by atoms with E-state index in [1.54, 1.807) is 19.9 Å². The Morgan fingerprint density at radius 2 is 1.94 bits per heavy atom. The Morgan fingerprint density at radius 1 is 1.24 bits per heavy atom. The predicted octanol–water partition coefficient (Wildman–Crippen LogP) is 5.86. The van der Waals surface area contributed by atoms with E-state index >= 15 is 0 Å². The Balaban J connectivity index is 1.50. The number of nitrogens with two attached hydrogens (primary N) is 1. The highest BCUT2D eigenvalue weighted by Crippen LogP contribution is 2.40. The molecule has 9 heteroatoms. The second-order valence-electron chi connectivity index (χ2n) is 9.34. The summed E-state index contributed by atoms with van der Waals surface area (Å²) in [5, 5.41) is 3.71. The van der Waals surface area contributed by atoms with Gasteiger partial charge in [-0.15, -0.1) is 0 Å². The van der Waals surface area contributed by atoms with Gasteiger partial charge in [-0.05, 0) is 75.4 Å². The quantitative estimate of drug-likeness (QED) is 0.468. The normalized spacial score (nSPS) is 21.2. The number of aromatic nitrogens is 2. The maximum absolute atomic E-state index is 13.5. The molecule has 34 heavy (non-hydrogen) atoms. The van der Waals surface area contributed by atoms with Gasteiger partial charge in [-0.1, -0.05) is 23.7 Å². The van der Waals surface area contributed by atoms with Gasteiger partial charge >= 0.3 is 6.18 Å². The summed E-state index contributed by atoms with van der Waals surface area (Å²) in [7, 11) is 0. The van der Waals surface area contributed by atoms with Crippen molar-refractivity contribution in [2.45, 2.75) is 63.2 Å². The van der Waals surface area contributed by atoms with Crippen molar-refractivity contribution in [2.24, 2.45) is 5.73 Å². The van der Waals surface area contributed by atoms with Crippen LogP contribution < -0.4 is 11.1 Å². The van der Waals surface area contributed by atoms with E-state index in [1.807, 2.05) is 24.3 Å². The van der Waals surface area contributed by atoms with Crippen LogP contribution in [0.5, 0.6) is 0 Å². The van der Waals surface area contributed by atoms with E-state index in [0.29, 0.717) is 22.6 Å². The first kappa shape index (κ1) is 24.5. The van der Waals surface area contributed by atoms with Gasteiger partial charge in [-0.3, -0.25) is 4.79 Å². The largest absolute Gasteiger partial charge is 0.449 e. The van der Waals surface area contributed by atoms with Crippen LogP contribution in [0, 0.1) is 0 Å². The van der Waals surface area contributed by atoms with E-state index in [9.17, 15) is 18.0 Å². The SMILES string of the molecule is CC(C)n1c(C(F)(F)F)nc2cc(C(=O)NC3CCC(CN)(c4cccc(Cl)c4)CC3)ccc21. The molecule has 0 atom stereocenters. The number of nitrogens with one attached hydrogen (secondary N) is 1. The van der Waals surface area contributed by atoms with Crippen LogP contribution in [0.4, 0.5) is 13.2 Å². The lowest BCUT2D eigenvalue weighted by atomic mass is 9.68. The maximum Gasteiger partial charge on any atom is 0.449 e. The second-order valence-corrected chi connectivity index (χ2v) is 9.78. The number of carbonyl (C=O) groups is 1. The summed E-state index contributed by atoms with van der Waals surface area (Å²) in [6.07, 6.45) is -1.47. The van der Waals surface area contributed by atoms with Crippen molar-refractivity contribution in [1.82, 2.24) is 14.9 Å².